The summed E-state index contributed by atoms with van der Waals surface area (Å²) in [5, 5.41) is 9.57. The molecule has 0 unspecified atom stereocenters. The maximum Gasteiger partial charge on any atom is 0.262 e. The Morgan fingerprint density at radius 2 is 1.81 bits per heavy atom. The van der Waals surface area contributed by atoms with Crippen LogP contribution in [0.25, 0.3) is 0 Å². The molecule has 0 aliphatic carbocycles. The Bertz CT molecular complexity index is 1380. The van der Waals surface area contributed by atoms with Gasteiger partial charge in [0.05, 0.1) is 18.9 Å². The molecule has 37 heavy (non-hydrogen) atoms. The molecular formula is C29H28N4O3S. The van der Waals surface area contributed by atoms with E-state index in [9.17, 15) is 9.59 Å². The SMILES string of the molecule is COc1ccc(C2=NN(C3=NC(=O)[C@@H](CC(=O)Nc4cccc(C)c4)S3)[C@H](c3ccc(C)cc3)C2)cc1. The number of hydrazone groups is 1. The predicted octanol–water partition coefficient (Wildman–Crippen LogP) is 5.49. The van der Waals surface area contributed by atoms with Gasteiger partial charge in [0.1, 0.15) is 11.0 Å². The standard InChI is InChI=1S/C29H28N4O3S/c1-18-7-9-21(10-8-18)25-16-24(20-11-13-23(36-3)14-12-20)32-33(25)29-31-28(35)26(37-29)17-27(34)30-22-6-4-5-19(2)15-22/h4-15,25-26H,16-17H2,1-3H3,(H,30,34)/t25-,26+/m0/s1. The van der Waals surface area contributed by atoms with Crippen molar-refractivity contribution >= 4 is 40.1 Å². The molecule has 0 saturated carbocycles. The van der Waals surface area contributed by atoms with E-state index in [1.807, 2.05) is 60.5 Å². The van der Waals surface area contributed by atoms with Crippen LogP contribution < -0.4 is 10.1 Å². The zero-order valence-corrected chi connectivity index (χ0v) is 21.8. The predicted molar refractivity (Wildman–Crippen MR) is 148 cm³/mol. The third-order valence-electron chi connectivity index (χ3n) is 6.39. The van der Waals surface area contributed by atoms with Crippen LogP contribution in [0.3, 0.4) is 0 Å². The van der Waals surface area contributed by atoms with Crippen LogP contribution in [-0.4, -0.2) is 40.1 Å². The molecule has 5 rings (SSSR count). The number of methoxy groups -OCH3 is 1. The number of amides is 2. The van der Waals surface area contributed by atoms with Gasteiger partial charge in [0, 0.05) is 18.5 Å². The topological polar surface area (TPSA) is 83.4 Å². The van der Waals surface area contributed by atoms with Gasteiger partial charge < -0.3 is 10.1 Å². The average Bonchev–Trinajstić information content (AvgIpc) is 3.48. The maximum atomic E-state index is 12.8. The molecule has 8 heteroatoms. The highest BCUT2D eigenvalue weighted by atomic mass is 32.2. The highest BCUT2D eigenvalue weighted by molar-refractivity contribution is 8.15. The molecule has 0 bridgehead atoms. The minimum atomic E-state index is -0.585. The fourth-order valence-corrected chi connectivity index (χ4v) is 5.46. The minimum absolute atomic E-state index is 0.0442. The summed E-state index contributed by atoms with van der Waals surface area (Å²) < 4.78 is 5.29. The first kappa shape index (κ1) is 24.8. The van der Waals surface area contributed by atoms with E-state index in [0.717, 1.165) is 28.2 Å². The van der Waals surface area contributed by atoms with Crippen molar-refractivity contribution in [3.05, 3.63) is 95.1 Å². The monoisotopic (exact) mass is 512 g/mol. The van der Waals surface area contributed by atoms with Crippen molar-refractivity contribution in [3.8, 4) is 5.75 Å². The number of rotatable bonds is 6. The van der Waals surface area contributed by atoms with Gasteiger partial charge in [0.15, 0.2) is 5.17 Å². The summed E-state index contributed by atoms with van der Waals surface area (Å²) in [6.07, 6.45) is 0.713. The maximum absolute atomic E-state index is 12.8. The molecule has 1 N–H and O–H groups in total. The van der Waals surface area contributed by atoms with Gasteiger partial charge >= 0.3 is 0 Å². The summed E-state index contributed by atoms with van der Waals surface area (Å²) in [6.45, 7) is 4.02. The molecule has 2 aliphatic heterocycles. The number of thioether (sulfide) groups is 1. The van der Waals surface area contributed by atoms with Crippen LogP contribution in [0.2, 0.25) is 0 Å². The van der Waals surface area contributed by atoms with Crippen molar-refractivity contribution in [1.82, 2.24) is 5.01 Å². The van der Waals surface area contributed by atoms with Gasteiger partial charge in [-0.05, 0) is 66.9 Å². The van der Waals surface area contributed by atoms with E-state index in [0.29, 0.717) is 17.3 Å². The van der Waals surface area contributed by atoms with E-state index >= 15 is 0 Å². The second-order valence-electron chi connectivity index (χ2n) is 9.21. The molecule has 0 saturated heterocycles. The summed E-state index contributed by atoms with van der Waals surface area (Å²) >= 11 is 1.30. The quantitative estimate of drug-likeness (QED) is 0.472. The van der Waals surface area contributed by atoms with Crippen LogP contribution >= 0.6 is 11.8 Å². The number of benzene rings is 3. The molecule has 0 radical (unpaired) electrons. The Labute approximate surface area is 220 Å². The van der Waals surface area contributed by atoms with Gasteiger partial charge in [-0.15, -0.1) is 0 Å². The molecule has 3 aromatic rings. The fraction of sp³-hybridized carbons (Fsp3) is 0.241. The Kier molecular flexibility index (Phi) is 7.10. The van der Waals surface area contributed by atoms with Crippen LogP contribution in [0, 0.1) is 13.8 Å². The number of hydrogen-bond donors (Lipinski definition) is 1. The second-order valence-corrected chi connectivity index (χ2v) is 10.4. The number of nitrogens with one attached hydrogen (secondary N) is 1. The van der Waals surface area contributed by atoms with E-state index in [-0.39, 0.29) is 24.3 Å². The number of hydrogen-bond acceptors (Lipinski definition) is 6. The number of carbonyl (C=O) groups is 2. The van der Waals surface area contributed by atoms with Gasteiger partial charge in [-0.1, -0.05) is 53.7 Å². The molecule has 0 aromatic heterocycles. The lowest BCUT2D eigenvalue weighted by Crippen LogP contribution is -2.25. The molecule has 0 spiro atoms. The Morgan fingerprint density at radius 3 is 2.51 bits per heavy atom. The highest BCUT2D eigenvalue weighted by Gasteiger charge is 2.39. The molecule has 7 nitrogen and oxygen atoms in total. The molecule has 2 aliphatic rings. The largest absolute Gasteiger partial charge is 0.497 e. The normalized spacial score (nSPS) is 19.0. The zero-order chi connectivity index (χ0) is 25.9. The molecule has 2 atom stereocenters. The summed E-state index contributed by atoms with van der Waals surface area (Å²) in [7, 11) is 1.64. The summed E-state index contributed by atoms with van der Waals surface area (Å²) in [6, 6.07) is 23.6. The van der Waals surface area contributed by atoms with Gasteiger partial charge in [-0.25, -0.2) is 5.01 Å². The van der Waals surface area contributed by atoms with Gasteiger partial charge in [-0.3, -0.25) is 9.59 Å². The van der Waals surface area contributed by atoms with E-state index in [1.165, 1.54) is 17.3 Å². The zero-order valence-electron chi connectivity index (χ0n) is 21.0. The Balaban J connectivity index is 1.35. The number of ether oxygens (including phenoxy) is 1. The molecule has 188 valence electrons. The van der Waals surface area contributed by atoms with Gasteiger partial charge in [-0.2, -0.15) is 10.1 Å². The van der Waals surface area contributed by atoms with Crippen molar-refractivity contribution in [3.63, 3.8) is 0 Å². The van der Waals surface area contributed by atoms with Gasteiger partial charge in [0.25, 0.3) is 5.91 Å². The second kappa shape index (κ2) is 10.6. The molecular weight excluding hydrogens is 484 g/mol. The van der Waals surface area contributed by atoms with Crippen molar-refractivity contribution < 1.29 is 14.3 Å². The first-order chi connectivity index (χ1) is 17.9. The molecule has 3 aromatic carbocycles. The highest BCUT2D eigenvalue weighted by Crippen LogP contribution is 2.38. The summed E-state index contributed by atoms with van der Waals surface area (Å²) in [4.78, 5) is 29.8. The van der Waals surface area contributed by atoms with Gasteiger partial charge in [0.2, 0.25) is 5.91 Å². The van der Waals surface area contributed by atoms with Crippen molar-refractivity contribution in [2.75, 3.05) is 12.4 Å². The Hall–Kier alpha value is -3.91. The van der Waals surface area contributed by atoms with Crippen LogP contribution in [0.4, 0.5) is 5.69 Å². The number of nitrogens with zero attached hydrogens (tertiary/aromatic N) is 3. The summed E-state index contributed by atoms with van der Waals surface area (Å²) in [5.74, 6) is 0.254. The van der Waals surface area contributed by atoms with Crippen molar-refractivity contribution in [2.24, 2.45) is 10.1 Å². The van der Waals surface area contributed by atoms with Crippen LogP contribution in [0.1, 0.15) is 41.1 Å². The van der Waals surface area contributed by atoms with Crippen LogP contribution in [0.5, 0.6) is 5.75 Å². The summed E-state index contributed by atoms with van der Waals surface area (Å²) in [5.41, 5.74) is 5.93. The number of amidine groups is 1. The van der Waals surface area contributed by atoms with Crippen LogP contribution in [0.15, 0.2) is 82.9 Å². The first-order valence-electron chi connectivity index (χ1n) is 12.1. The number of aryl methyl sites for hydroxylation is 2. The fourth-order valence-electron chi connectivity index (χ4n) is 4.40. The number of aliphatic imine (C=N–C) groups is 1. The smallest absolute Gasteiger partial charge is 0.262 e. The number of carbonyl (C=O) groups excluding carboxylic acids is 2. The van der Waals surface area contributed by atoms with E-state index in [2.05, 4.69) is 41.5 Å². The van der Waals surface area contributed by atoms with E-state index in [1.54, 1.807) is 7.11 Å². The van der Waals surface area contributed by atoms with E-state index in [4.69, 9.17) is 9.84 Å². The first-order valence-corrected chi connectivity index (χ1v) is 13.0. The molecule has 0 fully saturated rings. The average molecular weight is 513 g/mol. The molecule has 2 heterocycles. The van der Waals surface area contributed by atoms with Crippen LogP contribution in [-0.2, 0) is 9.59 Å². The minimum Gasteiger partial charge on any atom is -0.497 e. The third kappa shape index (κ3) is 5.59. The van der Waals surface area contributed by atoms with E-state index < -0.39 is 5.25 Å². The van der Waals surface area contributed by atoms with Crippen molar-refractivity contribution in [2.45, 2.75) is 38.0 Å². The molecule has 2 amide bonds. The Morgan fingerprint density at radius 1 is 1.05 bits per heavy atom. The lowest BCUT2D eigenvalue weighted by atomic mass is 9.98. The lowest BCUT2D eigenvalue weighted by Gasteiger charge is -2.23. The number of anilines is 1. The lowest BCUT2D eigenvalue weighted by molar-refractivity contribution is -0.121. The van der Waals surface area contributed by atoms with Crippen molar-refractivity contribution in [1.29, 1.82) is 0 Å². The third-order valence-corrected chi connectivity index (χ3v) is 7.54.